The summed E-state index contributed by atoms with van der Waals surface area (Å²) in [6.45, 7) is 0. The summed E-state index contributed by atoms with van der Waals surface area (Å²) in [7, 11) is 0. The highest BCUT2D eigenvalue weighted by Crippen LogP contribution is 2.43. The maximum atomic E-state index is 6.18. The van der Waals surface area contributed by atoms with Crippen LogP contribution in [-0.2, 0) is 0 Å². The molecule has 0 atom stereocenters. The van der Waals surface area contributed by atoms with Crippen molar-refractivity contribution >= 4 is 61.4 Å². The van der Waals surface area contributed by atoms with Crippen molar-refractivity contribution in [2.24, 2.45) is 0 Å². The molecule has 0 bridgehead atoms. The van der Waals surface area contributed by atoms with Gasteiger partial charge in [0.2, 0.25) is 0 Å². The van der Waals surface area contributed by atoms with Crippen molar-refractivity contribution in [2.45, 2.75) is 0 Å². The zero-order chi connectivity index (χ0) is 24.8. The number of benzene rings is 6. The standard InChI is InChI=1S/C34H22ClNO/c35-24-16-14-23(15-17-24)27-19-20-32(29-11-5-4-10-28(27)29)36(25-8-2-1-3-9-25)26-18-21-34-31(22-26)30-12-6-7-13-33(30)37-34/h1-22H. The van der Waals surface area contributed by atoms with E-state index in [4.69, 9.17) is 16.0 Å². The average molecular weight is 496 g/mol. The number of para-hydroxylation sites is 2. The summed E-state index contributed by atoms with van der Waals surface area (Å²) in [5.74, 6) is 0. The second kappa shape index (κ2) is 8.85. The lowest BCUT2D eigenvalue weighted by atomic mass is 9.96. The predicted molar refractivity (Wildman–Crippen MR) is 156 cm³/mol. The molecule has 0 N–H and O–H groups in total. The van der Waals surface area contributed by atoms with E-state index in [1.165, 1.54) is 16.3 Å². The topological polar surface area (TPSA) is 16.4 Å². The van der Waals surface area contributed by atoms with Crippen molar-refractivity contribution in [1.29, 1.82) is 0 Å². The number of rotatable bonds is 4. The fourth-order valence-electron chi connectivity index (χ4n) is 5.22. The Morgan fingerprint density at radius 3 is 1.97 bits per heavy atom. The molecule has 0 amide bonds. The van der Waals surface area contributed by atoms with Gasteiger partial charge < -0.3 is 9.32 Å². The molecular weight excluding hydrogens is 474 g/mol. The molecule has 0 radical (unpaired) electrons. The van der Waals surface area contributed by atoms with Crippen LogP contribution >= 0.6 is 11.6 Å². The highest BCUT2D eigenvalue weighted by Gasteiger charge is 2.18. The molecule has 1 heterocycles. The zero-order valence-electron chi connectivity index (χ0n) is 19.9. The van der Waals surface area contributed by atoms with Gasteiger partial charge in [0.05, 0.1) is 5.69 Å². The third-order valence-electron chi connectivity index (χ3n) is 6.93. The molecular formula is C34H22ClNO. The highest BCUT2D eigenvalue weighted by molar-refractivity contribution is 6.30. The minimum absolute atomic E-state index is 0.738. The fourth-order valence-corrected chi connectivity index (χ4v) is 5.34. The number of furan rings is 1. The van der Waals surface area contributed by atoms with Crippen LogP contribution in [0.4, 0.5) is 17.1 Å². The molecule has 0 aliphatic carbocycles. The maximum absolute atomic E-state index is 6.18. The highest BCUT2D eigenvalue weighted by atomic mass is 35.5. The molecule has 0 aliphatic heterocycles. The molecule has 1 aromatic heterocycles. The van der Waals surface area contributed by atoms with Gasteiger partial charge in [0.1, 0.15) is 11.2 Å². The van der Waals surface area contributed by atoms with Gasteiger partial charge in [-0.3, -0.25) is 0 Å². The smallest absolute Gasteiger partial charge is 0.135 e. The Kier molecular flexibility index (Phi) is 5.20. The Morgan fingerprint density at radius 2 is 1.16 bits per heavy atom. The van der Waals surface area contributed by atoms with Gasteiger partial charge in [-0.15, -0.1) is 0 Å². The summed E-state index contributed by atoms with van der Waals surface area (Å²) >= 11 is 6.18. The number of halogens is 1. The van der Waals surface area contributed by atoms with E-state index < -0.39 is 0 Å². The van der Waals surface area contributed by atoms with E-state index in [0.29, 0.717) is 0 Å². The Morgan fingerprint density at radius 1 is 0.486 bits per heavy atom. The van der Waals surface area contributed by atoms with Gasteiger partial charge >= 0.3 is 0 Å². The van der Waals surface area contributed by atoms with E-state index in [9.17, 15) is 0 Å². The van der Waals surface area contributed by atoms with Crippen molar-refractivity contribution in [3.63, 3.8) is 0 Å². The molecule has 0 fully saturated rings. The van der Waals surface area contributed by atoms with Crippen molar-refractivity contribution in [2.75, 3.05) is 4.90 Å². The summed E-state index contributed by atoms with van der Waals surface area (Å²) in [5, 5.41) is 5.34. The van der Waals surface area contributed by atoms with Gasteiger partial charge in [-0.1, -0.05) is 90.5 Å². The molecule has 176 valence electrons. The van der Waals surface area contributed by atoms with Gasteiger partial charge in [0.25, 0.3) is 0 Å². The summed E-state index contributed by atoms with van der Waals surface area (Å²) in [5.41, 5.74) is 7.41. The molecule has 0 unspecified atom stereocenters. The molecule has 0 spiro atoms. The Bertz CT molecular complexity index is 1890. The van der Waals surface area contributed by atoms with Crippen molar-refractivity contribution in [3.05, 3.63) is 138 Å². The van der Waals surface area contributed by atoms with Crippen LogP contribution in [0.5, 0.6) is 0 Å². The molecule has 7 rings (SSSR count). The van der Waals surface area contributed by atoms with Gasteiger partial charge in [-0.2, -0.15) is 0 Å². The molecule has 7 aromatic rings. The van der Waals surface area contributed by atoms with E-state index in [0.717, 1.165) is 49.6 Å². The van der Waals surface area contributed by atoms with Crippen LogP contribution in [0.3, 0.4) is 0 Å². The first kappa shape index (κ1) is 21.7. The minimum Gasteiger partial charge on any atom is -0.456 e. The lowest BCUT2D eigenvalue weighted by Gasteiger charge is -2.27. The van der Waals surface area contributed by atoms with Gasteiger partial charge in [-0.05, 0) is 71.1 Å². The van der Waals surface area contributed by atoms with Crippen molar-refractivity contribution in [1.82, 2.24) is 0 Å². The molecule has 0 aliphatic rings. The maximum Gasteiger partial charge on any atom is 0.135 e. The summed E-state index contributed by atoms with van der Waals surface area (Å²) in [6.07, 6.45) is 0. The van der Waals surface area contributed by atoms with E-state index in [1.54, 1.807) is 0 Å². The molecule has 2 nitrogen and oxygen atoms in total. The van der Waals surface area contributed by atoms with Crippen molar-refractivity contribution in [3.8, 4) is 11.1 Å². The first-order valence-electron chi connectivity index (χ1n) is 12.3. The number of anilines is 3. The predicted octanol–water partition coefficient (Wildman–Crippen LogP) is 10.5. The van der Waals surface area contributed by atoms with E-state index >= 15 is 0 Å². The van der Waals surface area contributed by atoms with Crippen LogP contribution in [0.1, 0.15) is 0 Å². The van der Waals surface area contributed by atoms with Crippen LogP contribution in [0.2, 0.25) is 5.02 Å². The van der Waals surface area contributed by atoms with Crippen molar-refractivity contribution < 1.29 is 4.42 Å². The number of hydrogen-bond donors (Lipinski definition) is 0. The molecule has 0 saturated carbocycles. The van der Waals surface area contributed by atoms with Crippen LogP contribution in [-0.4, -0.2) is 0 Å². The normalized spacial score (nSPS) is 11.4. The average Bonchev–Trinajstić information content (AvgIpc) is 3.33. The zero-order valence-corrected chi connectivity index (χ0v) is 20.7. The largest absolute Gasteiger partial charge is 0.456 e. The molecule has 3 heteroatoms. The van der Waals surface area contributed by atoms with E-state index in [-0.39, 0.29) is 0 Å². The Balaban J connectivity index is 1.48. The second-order valence-corrected chi connectivity index (χ2v) is 9.57. The number of hydrogen-bond acceptors (Lipinski definition) is 2. The van der Waals surface area contributed by atoms with Crippen LogP contribution in [0, 0.1) is 0 Å². The summed E-state index contributed by atoms with van der Waals surface area (Å²) in [4.78, 5) is 2.33. The summed E-state index contributed by atoms with van der Waals surface area (Å²) in [6, 6.07) is 46.2. The van der Waals surface area contributed by atoms with Crippen LogP contribution in [0.15, 0.2) is 138 Å². The molecule has 0 saturated heterocycles. The molecule has 37 heavy (non-hydrogen) atoms. The van der Waals surface area contributed by atoms with Gasteiger partial charge in [-0.25, -0.2) is 0 Å². The van der Waals surface area contributed by atoms with Gasteiger partial charge in [0.15, 0.2) is 0 Å². The molecule has 6 aromatic carbocycles. The monoisotopic (exact) mass is 495 g/mol. The quantitative estimate of drug-likeness (QED) is 0.241. The Labute approximate surface area is 220 Å². The van der Waals surface area contributed by atoms with Crippen LogP contribution in [0.25, 0.3) is 43.8 Å². The van der Waals surface area contributed by atoms with Gasteiger partial charge in [0, 0.05) is 32.6 Å². The van der Waals surface area contributed by atoms with E-state index in [1.807, 2.05) is 24.3 Å². The SMILES string of the molecule is Clc1ccc(-c2ccc(N(c3ccccc3)c3ccc4oc5ccccc5c4c3)c3ccccc23)cc1. The number of nitrogens with zero attached hydrogens (tertiary/aromatic N) is 1. The minimum atomic E-state index is 0.738. The fraction of sp³-hybridized carbons (Fsp3) is 0. The first-order chi connectivity index (χ1) is 18.3. The first-order valence-corrected chi connectivity index (χ1v) is 12.7. The Hall–Kier alpha value is -4.53. The third-order valence-corrected chi connectivity index (χ3v) is 7.18. The lowest BCUT2D eigenvalue weighted by Crippen LogP contribution is -2.10. The second-order valence-electron chi connectivity index (χ2n) is 9.13. The lowest BCUT2D eigenvalue weighted by molar-refractivity contribution is 0.669. The summed E-state index contributed by atoms with van der Waals surface area (Å²) < 4.78 is 6.11. The third kappa shape index (κ3) is 3.74. The van der Waals surface area contributed by atoms with Crippen LogP contribution < -0.4 is 4.90 Å². The van der Waals surface area contributed by atoms with E-state index in [2.05, 4.69) is 114 Å². The number of fused-ring (bicyclic) bond motifs is 4.